The Morgan fingerprint density at radius 1 is 1.10 bits per heavy atom. The molecular weight excluding hydrogens is 271 g/mol. The molecule has 21 heavy (non-hydrogen) atoms. The van der Waals surface area contributed by atoms with Crippen molar-refractivity contribution in [3.8, 4) is 5.75 Å². The third-order valence-corrected chi connectivity index (χ3v) is 3.14. The first-order valence-corrected chi connectivity index (χ1v) is 7.49. The number of unbranched alkanes of at least 4 members (excludes halogenated alkanes) is 1. The topological polar surface area (TPSA) is 46.2 Å². The minimum atomic E-state index is -1.05. The van der Waals surface area contributed by atoms with E-state index < -0.39 is 7.32 Å². The van der Waals surface area contributed by atoms with Gasteiger partial charge >= 0.3 is 7.32 Å². The van der Waals surface area contributed by atoms with E-state index in [9.17, 15) is 0 Å². The Balaban J connectivity index is 2.33. The molecule has 0 heterocycles. The van der Waals surface area contributed by atoms with E-state index in [0.29, 0.717) is 18.3 Å². The summed E-state index contributed by atoms with van der Waals surface area (Å²) in [5.74, 6) is 1.09. The summed E-state index contributed by atoms with van der Waals surface area (Å²) in [5, 5.41) is 0. The quantitative estimate of drug-likeness (QED) is 0.333. The number of benzene rings is 1. The minimum Gasteiger partial charge on any atom is -0.509 e. The first-order chi connectivity index (χ1) is 10.3. The van der Waals surface area contributed by atoms with Gasteiger partial charge in [0.1, 0.15) is 5.75 Å². The number of hydrogen-bond acceptors (Lipinski definition) is 5. The van der Waals surface area contributed by atoms with Crippen LogP contribution in [-0.2, 0) is 19.4 Å². The summed E-state index contributed by atoms with van der Waals surface area (Å²) in [7, 11) is 0.335. The second-order valence-corrected chi connectivity index (χ2v) is 4.78. The van der Waals surface area contributed by atoms with Crippen LogP contribution in [0.4, 0.5) is 0 Å². The Morgan fingerprint density at radius 3 is 2.48 bits per heavy atom. The second kappa shape index (κ2) is 11.6. The standard InChI is InChI=1S/C15H25BO5/c1-4-6-10-14(5-2)13-18-21-16(20-17-3)19-15-11-8-7-9-12-15/h7-9,11-12,14H,4-6,10,13H2,1-3H3. The zero-order valence-electron chi connectivity index (χ0n) is 13.1. The molecule has 0 aliphatic heterocycles. The smallest absolute Gasteiger partial charge is 0.509 e. The molecule has 0 amide bonds. The van der Waals surface area contributed by atoms with Gasteiger partial charge in [-0.25, -0.2) is 19.4 Å². The predicted octanol–water partition coefficient (Wildman–Crippen LogP) is 3.79. The molecule has 1 atom stereocenters. The average molecular weight is 296 g/mol. The maximum Gasteiger partial charge on any atom is 0.770 e. The zero-order chi connectivity index (χ0) is 15.3. The Labute approximate surface area is 127 Å². The Morgan fingerprint density at radius 2 is 1.86 bits per heavy atom. The highest BCUT2D eigenvalue weighted by molar-refractivity contribution is 6.36. The molecule has 0 aliphatic rings. The first-order valence-electron chi connectivity index (χ1n) is 7.49. The molecule has 1 unspecified atom stereocenters. The maximum absolute atomic E-state index is 5.46. The lowest BCUT2D eigenvalue weighted by molar-refractivity contribution is -0.290. The van der Waals surface area contributed by atoms with Crippen molar-refractivity contribution >= 4 is 7.32 Å². The highest BCUT2D eigenvalue weighted by Gasteiger charge is 2.27. The van der Waals surface area contributed by atoms with Crippen molar-refractivity contribution in [2.24, 2.45) is 5.92 Å². The van der Waals surface area contributed by atoms with Crippen molar-refractivity contribution in [3.05, 3.63) is 30.3 Å². The van der Waals surface area contributed by atoms with E-state index in [2.05, 4.69) is 18.7 Å². The van der Waals surface area contributed by atoms with E-state index in [0.717, 1.165) is 12.8 Å². The zero-order valence-corrected chi connectivity index (χ0v) is 13.1. The molecule has 118 valence electrons. The molecule has 0 N–H and O–H groups in total. The van der Waals surface area contributed by atoms with Crippen LogP contribution in [0.2, 0.25) is 0 Å². The van der Waals surface area contributed by atoms with Crippen LogP contribution in [0.25, 0.3) is 0 Å². The summed E-state index contributed by atoms with van der Waals surface area (Å²) in [4.78, 5) is 19.8. The van der Waals surface area contributed by atoms with Crippen molar-refractivity contribution in [2.75, 3.05) is 13.7 Å². The Bertz CT molecular complexity index is 349. The largest absolute Gasteiger partial charge is 0.770 e. The van der Waals surface area contributed by atoms with Crippen molar-refractivity contribution in [3.63, 3.8) is 0 Å². The van der Waals surface area contributed by atoms with Gasteiger partial charge in [0, 0.05) is 0 Å². The summed E-state index contributed by atoms with van der Waals surface area (Å²) >= 11 is 0. The van der Waals surface area contributed by atoms with Gasteiger partial charge in [0.2, 0.25) is 0 Å². The van der Waals surface area contributed by atoms with Gasteiger partial charge in [0.05, 0.1) is 13.7 Å². The third-order valence-electron chi connectivity index (χ3n) is 3.14. The van der Waals surface area contributed by atoms with E-state index in [1.165, 1.54) is 20.0 Å². The maximum atomic E-state index is 5.46. The molecule has 0 fully saturated rings. The monoisotopic (exact) mass is 296 g/mol. The average Bonchev–Trinajstić information content (AvgIpc) is 2.51. The van der Waals surface area contributed by atoms with Gasteiger partial charge in [-0.15, -0.1) is 0 Å². The summed E-state index contributed by atoms with van der Waals surface area (Å²) in [6.07, 6.45) is 4.56. The number of para-hydroxylation sites is 1. The van der Waals surface area contributed by atoms with Gasteiger partial charge in [0.15, 0.2) is 0 Å². The molecule has 0 aromatic heterocycles. The van der Waals surface area contributed by atoms with E-state index in [1.54, 1.807) is 12.1 Å². The van der Waals surface area contributed by atoms with Gasteiger partial charge in [0.25, 0.3) is 0 Å². The van der Waals surface area contributed by atoms with Crippen LogP contribution in [0.1, 0.15) is 39.5 Å². The normalized spacial score (nSPS) is 12.1. The Hall–Kier alpha value is -1.08. The molecule has 0 saturated heterocycles. The SMILES string of the molecule is CCCCC(CC)COOB(OOC)Oc1ccccc1. The van der Waals surface area contributed by atoms with Crippen molar-refractivity contribution in [1.29, 1.82) is 0 Å². The molecule has 0 saturated carbocycles. The van der Waals surface area contributed by atoms with Crippen molar-refractivity contribution in [1.82, 2.24) is 0 Å². The Kier molecular flexibility index (Phi) is 9.90. The van der Waals surface area contributed by atoms with Crippen LogP contribution in [0.15, 0.2) is 30.3 Å². The summed E-state index contributed by atoms with van der Waals surface area (Å²) in [6.45, 7) is 4.84. The molecule has 0 spiro atoms. The van der Waals surface area contributed by atoms with Crippen molar-refractivity contribution in [2.45, 2.75) is 39.5 Å². The van der Waals surface area contributed by atoms with Gasteiger partial charge in [-0.05, 0) is 24.5 Å². The fraction of sp³-hybridized carbons (Fsp3) is 0.600. The molecule has 0 aliphatic carbocycles. The number of hydrogen-bond donors (Lipinski definition) is 0. The molecule has 0 radical (unpaired) electrons. The van der Waals surface area contributed by atoms with Crippen LogP contribution in [0.3, 0.4) is 0 Å². The lowest BCUT2D eigenvalue weighted by Gasteiger charge is -2.16. The van der Waals surface area contributed by atoms with Gasteiger partial charge in [-0.3, -0.25) is 0 Å². The van der Waals surface area contributed by atoms with Crippen LogP contribution >= 0.6 is 0 Å². The highest BCUT2D eigenvalue weighted by atomic mass is 17.3. The molecule has 1 rings (SSSR count). The molecule has 5 nitrogen and oxygen atoms in total. The lowest BCUT2D eigenvalue weighted by Crippen LogP contribution is -2.31. The third kappa shape index (κ3) is 8.07. The fourth-order valence-corrected chi connectivity index (χ4v) is 1.83. The van der Waals surface area contributed by atoms with Gasteiger partial charge in [-0.2, -0.15) is 0 Å². The number of rotatable bonds is 12. The molecule has 1 aromatic carbocycles. The van der Waals surface area contributed by atoms with E-state index in [4.69, 9.17) is 19.2 Å². The molecule has 1 aromatic rings. The molecular formula is C15H25BO5. The summed E-state index contributed by atoms with van der Waals surface area (Å²) < 4.78 is 5.46. The predicted molar refractivity (Wildman–Crippen MR) is 81.3 cm³/mol. The van der Waals surface area contributed by atoms with E-state index >= 15 is 0 Å². The van der Waals surface area contributed by atoms with Crippen LogP contribution < -0.4 is 4.65 Å². The fourth-order valence-electron chi connectivity index (χ4n) is 1.83. The second-order valence-electron chi connectivity index (χ2n) is 4.78. The van der Waals surface area contributed by atoms with Crippen LogP contribution in [0, 0.1) is 5.92 Å². The molecule has 0 bridgehead atoms. The van der Waals surface area contributed by atoms with Gasteiger partial charge in [-0.1, -0.05) is 51.3 Å². The van der Waals surface area contributed by atoms with Crippen LogP contribution in [0.5, 0.6) is 5.75 Å². The van der Waals surface area contributed by atoms with Gasteiger partial charge < -0.3 is 4.65 Å². The first kappa shape index (κ1) is 18.0. The van der Waals surface area contributed by atoms with Crippen molar-refractivity contribution < 1.29 is 24.0 Å². The van der Waals surface area contributed by atoms with Crippen LogP contribution in [-0.4, -0.2) is 21.0 Å². The summed E-state index contributed by atoms with van der Waals surface area (Å²) in [5.41, 5.74) is 0. The lowest BCUT2D eigenvalue weighted by atomic mass is 10.0. The highest BCUT2D eigenvalue weighted by Crippen LogP contribution is 2.14. The minimum absolute atomic E-state index is 0.477. The van der Waals surface area contributed by atoms with E-state index in [-0.39, 0.29) is 0 Å². The molecule has 6 heteroatoms. The summed E-state index contributed by atoms with van der Waals surface area (Å²) in [6, 6.07) is 9.21. The van der Waals surface area contributed by atoms with E-state index in [1.807, 2.05) is 18.2 Å².